The van der Waals surface area contributed by atoms with Crippen molar-refractivity contribution >= 4 is 21.6 Å². The molecule has 1 amide bonds. The third-order valence-corrected chi connectivity index (χ3v) is 5.85. The molecule has 2 aromatic rings. The molecular formula is C20H24N2O3S. The summed E-state index contributed by atoms with van der Waals surface area (Å²) in [7, 11) is -3.53. The van der Waals surface area contributed by atoms with E-state index in [2.05, 4.69) is 4.72 Å². The number of rotatable bonds is 5. The summed E-state index contributed by atoms with van der Waals surface area (Å²) >= 11 is 0. The lowest BCUT2D eigenvalue weighted by molar-refractivity contribution is 0.0985. The second kappa shape index (κ2) is 7.60. The van der Waals surface area contributed by atoms with E-state index in [1.165, 1.54) is 0 Å². The van der Waals surface area contributed by atoms with Crippen LogP contribution < -0.4 is 9.62 Å². The molecule has 0 aromatic heterocycles. The molecule has 0 saturated carbocycles. The highest BCUT2D eigenvalue weighted by atomic mass is 32.2. The molecule has 0 radical (unpaired) electrons. The molecule has 1 aliphatic rings. The standard InChI is InChI=1S/C20H24N2O3S/c1-15(2)14-21-26(24,25)18-10-11-19-17(13-18)9-6-12-22(19)20(23)16-7-4-3-5-8-16/h3-5,7-8,10-11,13,15,21H,6,9,12,14H2,1-2H3. The van der Waals surface area contributed by atoms with E-state index in [9.17, 15) is 13.2 Å². The van der Waals surface area contributed by atoms with E-state index in [0.29, 0.717) is 18.7 Å². The van der Waals surface area contributed by atoms with Crippen LogP contribution in [0.5, 0.6) is 0 Å². The Labute approximate surface area is 155 Å². The Balaban J connectivity index is 1.89. The fourth-order valence-electron chi connectivity index (χ4n) is 3.05. The van der Waals surface area contributed by atoms with E-state index in [-0.39, 0.29) is 16.7 Å². The number of fused-ring (bicyclic) bond motifs is 1. The van der Waals surface area contributed by atoms with Gasteiger partial charge in [0.25, 0.3) is 5.91 Å². The summed E-state index contributed by atoms with van der Waals surface area (Å²) in [5.74, 6) is 0.182. The molecule has 5 nitrogen and oxygen atoms in total. The first kappa shape index (κ1) is 18.6. The van der Waals surface area contributed by atoms with Crippen LogP contribution in [0.2, 0.25) is 0 Å². The number of nitrogens with zero attached hydrogens (tertiary/aromatic N) is 1. The van der Waals surface area contributed by atoms with Gasteiger partial charge in [0.1, 0.15) is 0 Å². The van der Waals surface area contributed by atoms with Gasteiger partial charge in [-0.15, -0.1) is 0 Å². The Morgan fingerprint density at radius 3 is 2.58 bits per heavy atom. The third kappa shape index (κ3) is 3.97. The van der Waals surface area contributed by atoms with Crippen LogP contribution in [0.1, 0.15) is 36.2 Å². The first-order valence-corrected chi connectivity index (χ1v) is 10.4. The van der Waals surface area contributed by atoms with Gasteiger partial charge in [-0.2, -0.15) is 0 Å². The Hall–Kier alpha value is -2.18. The summed E-state index contributed by atoms with van der Waals surface area (Å²) in [6.45, 7) is 4.96. The highest BCUT2D eigenvalue weighted by molar-refractivity contribution is 7.89. The molecule has 1 heterocycles. The van der Waals surface area contributed by atoms with Gasteiger partial charge in [-0.1, -0.05) is 32.0 Å². The zero-order valence-corrected chi connectivity index (χ0v) is 15.9. The number of hydrogen-bond donors (Lipinski definition) is 1. The summed E-state index contributed by atoms with van der Waals surface area (Å²) in [6, 6.07) is 14.2. The second-order valence-corrected chi connectivity index (χ2v) is 8.73. The maximum absolute atomic E-state index is 12.8. The van der Waals surface area contributed by atoms with Gasteiger partial charge in [0, 0.05) is 24.3 Å². The van der Waals surface area contributed by atoms with Gasteiger partial charge in [0.2, 0.25) is 10.0 Å². The minimum Gasteiger partial charge on any atom is -0.308 e. The van der Waals surface area contributed by atoms with Crippen LogP contribution in [-0.4, -0.2) is 27.4 Å². The van der Waals surface area contributed by atoms with Crippen LogP contribution in [-0.2, 0) is 16.4 Å². The molecule has 6 heteroatoms. The zero-order chi connectivity index (χ0) is 18.7. The van der Waals surface area contributed by atoms with Crippen molar-refractivity contribution in [3.8, 4) is 0 Å². The van der Waals surface area contributed by atoms with Crippen LogP contribution in [0.15, 0.2) is 53.4 Å². The smallest absolute Gasteiger partial charge is 0.258 e. The van der Waals surface area contributed by atoms with Gasteiger partial charge in [0.05, 0.1) is 4.90 Å². The van der Waals surface area contributed by atoms with Crippen LogP contribution in [0.4, 0.5) is 5.69 Å². The first-order chi connectivity index (χ1) is 12.4. The number of nitrogens with one attached hydrogen (secondary N) is 1. The molecule has 1 N–H and O–H groups in total. The molecule has 0 aliphatic carbocycles. The fourth-order valence-corrected chi connectivity index (χ4v) is 4.31. The van der Waals surface area contributed by atoms with Crippen molar-refractivity contribution in [3.05, 3.63) is 59.7 Å². The topological polar surface area (TPSA) is 66.5 Å². The number of hydrogen-bond acceptors (Lipinski definition) is 3. The van der Waals surface area contributed by atoms with Gasteiger partial charge < -0.3 is 4.90 Å². The van der Waals surface area contributed by atoms with Crippen LogP contribution >= 0.6 is 0 Å². The Morgan fingerprint density at radius 2 is 1.88 bits per heavy atom. The minimum atomic E-state index is -3.53. The number of anilines is 1. The van der Waals surface area contributed by atoms with Crippen molar-refractivity contribution < 1.29 is 13.2 Å². The highest BCUT2D eigenvalue weighted by Crippen LogP contribution is 2.30. The summed E-state index contributed by atoms with van der Waals surface area (Å²) in [4.78, 5) is 14.8. The average molecular weight is 372 g/mol. The largest absolute Gasteiger partial charge is 0.308 e. The number of carbonyl (C=O) groups excluding carboxylic acids is 1. The number of amides is 1. The molecule has 1 aliphatic heterocycles. The molecular weight excluding hydrogens is 348 g/mol. The number of carbonyl (C=O) groups is 1. The zero-order valence-electron chi connectivity index (χ0n) is 15.1. The predicted octanol–water partition coefficient (Wildman–Crippen LogP) is 3.21. The van der Waals surface area contributed by atoms with Gasteiger partial charge >= 0.3 is 0 Å². The molecule has 2 aromatic carbocycles. The lowest BCUT2D eigenvalue weighted by atomic mass is 10.0. The molecule has 26 heavy (non-hydrogen) atoms. The van der Waals surface area contributed by atoms with E-state index in [4.69, 9.17) is 0 Å². The molecule has 0 fully saturated rings. The molecule has 0 saturated heterocycles. The van der Waals surface area contributed by atoms with E-state index < -0.39 is 10.0 Å². The SMILES string of the molecule is CC(C)CNS(=O)(=O)c1ccc2c(c1)CCCN2C(=O)c1ccccc1. The third-order valence-electron chi connectivity index (χ3n) is 4.43. The van der Waals surface area contributed by atoms with E-state index in [1.54, 1.807) is 35.2 Å². The number of aryl methyl sites for hydroxylation is 1. The lowest BCUT2D eigenvalue weighted by Gasteiger charge is -2.30. The van der Waals surface area contributed by atoms with Crippen LogP contribution in [0.25, 0.3) is 0 Å². The van der Waals surface area contributed by atoms with Gasteiger partial charge in [-0.25, -0.2) is 13.1 Å². The quantitative estimate of drug-likeness (QED) is 0.876. The normalized spacial score (nSPS) is 14.3. The first-order valence-electron chi connectivity index (χ1n) is 8.88. The van der Waals surface area contributed by atoms with Crippen LogP contribution in [0, 0.1) is 5.92 Å². The van der Waals surface area contributed by atoms with Crippen LogP contribution in [0.3, 0.4) is 0 Å². The van der Waals surface area contributed by atoms with E-state index in [0.717, 1.165) is 24.1 Å². The molecule has 0 atom stereocenters. The lowest BCUT2D eigenvalue weighted by Crippen LogP contribution is -2.35. The number of benzene rings is 2. The van der Waals surface area contributed by atoms with E-state index in [1.807, 2.05) is 32.0 Å². The van der Waals surface area contributed by atoms with Gasteiger partial charge in [-0.05, 0) is 54.7 Å². The Bertz CT molecular complexity index is 893. The number of sulfonamides is 1. The molecule has 138 valence electrons. The maximum atomic E-state index is 12.8. The Kier molecular flexibility index (Phi) is 5.44. The molecule has 0 bridgehead atoms. The minimum absolute atomic E-state index is 0.0555. The maximum Gasteiger partial charge on any atom is 0.258 e. The van der Waals surface area contributed by atoms with E-state index >= 15 is 0 Å². The predicted molar refractivity (Wildman–Crippen MR) is 103 cm³/mol. The summed E-state index contributed by atoms with van der Waals surface area (Å²) in [5.41, 5.74) is 2.33. The van der Waals surface area contributed by atoms with Crippen molar-refractivity contribution in [1.29, 1.82) is 0 Å². The van der Waals surface area contributed by atoms with Crippen molar-refractivity contribution in [2.75, 3.05) is 18.0 Å². The van der Waals surface area contributed by atoms with Crippen molar-refractivity contribution in [2.45, 2.75) is 31.6 Å². The summed E-state index contributed by atoms with van der Waals surface area (Å²) in [5, 5.41) is 0. The summed E-state index contributed by atoms with van der Waals surface area (Å²) < 4.78 is 27.6. The fraction of sp³-hybridized carbons (Fsp3) is 0.350. The highest BCUT2D eigenvalue weighted by Gasteiger charge is 2.25. The van der Waals surface area contributed by atoms with Crippen molar-refractivity contribution in [2.24, 2.45) is 5.92 Å². The molecule has 3 rings (SSSR count). The molecule has 0 spiro atoms. The summed E-state index contributed by atoms with van der Waals surface area (Å²) in [6.07, 6.45) is 1.58. The van der Waals surface area contributed by atoms with Gasteiger partial charge in [0.15, 0.2) is 0 Å². The van der Waals surface area contributed by atoms with Crippen molar-refractivity contribution in [3.63, 3.8) is 0 Å². The van der Waals surface area contributed by atoms with Gasteiger partial charge in [-0.3, -0.25) is 4.79 Å². The second-order valence-electron chi connectivity index (χ2n) is 6.96. The Morgan fingerprint density at radius 1 is 1.15 bits per heavy atom. The molecule has 0 unspecified atom stereocenters. The monoisotopic (exact) mass is 372 g/mol. The van der Waals surface area contributed by atoms with Crippen molar-refractivity contribution in [1.82, 2.24) is 4.72 Å². The average Bonchev–Trinajstić information content (AvgIpc) is 2.65.